The van der Waals surface area contributed by atoms with Gasteiger partial charge in [-0.3, -0.25) is 0 Å². The summed E-state index contributed by atoms with van der Waals surface area (Å²) >= 11 is 0. The maximum atomic E-state index is 9.00. The number of aryl methyl sites for hydroxylation is 1. The molecule has 1 heterocycles. The average molecular weight is 255 g/mol. The zero-order chi connectivity index (χ0) is 13.7. The van der Waals surface area contributed by atoms with Gasteiger partial charge in [-0.25, -0.2) is 10.8 Å². The molecule has 19 heavy (non-hydrogen) atoms. The van der Waals surface area contributed by atoms with Crippen LogP contribution in [0.25, 0.3) is 0 Å². The summed E-state index contributed by atoms with van der Waals surface area (Å²) in [5.74, 6) is 7.23. The zero-order valence-electron chi connectivity index (χ0n) is 10.4. The van der Waals surface area contributed by atoms with E-state index in [1.165, 1.54) is 0 Å². The highest BCUT2D eigenvalue weighted by atomic mass is 16.5. The zero-order valence-corrected chi connectivity index (χ0v) is 10.4. The Hall–Kier alpha value is -2.65. The van der Waals surface area contributed by atoms with Crippen molar-refractivity contribution >= 4 is 5.82 Å². The molecule has 0 aliphatic heterocycles. The number of para-hydroxylation sites is 1. The van der Waals surface area contributed by atoms with Crippen molar-refractivity contribution in [2.24, 2.45) is 5.84 Å². The van der Waals surface area contributed by atoms with Gasteiger partial charge in [-0.05, 0) is 12.1 Å². The van der Waals surface area contributed by atoms with E-state index in [9.17, 15) is 0 Å². The SMILES string of the molecule is CCc1nc(NN)cc(Oc2ccccc2C#N)n1. The third kappa shape index (κ3) is 2.97. The molecule has 0 atom stereocenters. The van der Waals surface area contributed by atoms with Crippen molar-refractivity contribution in [2.45, 2.75) is 13.3 Å². The Balaban J connectivity index is 2.35. The van der Waals surface area contributed by atoms with Gasteiger partial charge in [0.15, 0.2) is 0 Å². The Kier molecular flexibility index (Phi) is 3.90. The third-order valence-corrected chi connectivity index (χ3v) is 2.44. The van der Waals surface area contributed by atoms with Crippen LogP contribution in [0.15, 0.2) is 30.3 Å². The van der Waals surface area contributed by atoms with Gasteiger partial charge >= 0.3 is 0 Å². The number of hydrazine groups is 1. The first kappa shape index (κ1) is 12.8. The van der Waals surface area contributed by atoms with Crippen LogP contribution in [0.1, 0.15) is 18.3 Å². The highest BCUT2D eigenvalue weighted by Gasteiger charge is 2.07. The summed E-state index contributed by atoms with van der Waals surface area (Å²) in [7, 11) is 0. The molecule has 0 aliphatic carbocycles. The van der Waals surface area contributed by atoms with Crippen LogP contribution >= 0.6 is 0 Å². The number of ether oxygens (including phenoxy) is 1. The Bertz CT molecular complexity index is 598. The Morgan fingerprint density at radius 3 is 2.84 bits per heavy atom. The largest absolute Gasteiger partial charge is 0.437 e. The maximum absolute atomic E-state index is 9.00. The van der Waals surface area contributed by atoms with Crippen LogP contribution in [0.5, 0.6) is 11.6 Å². The van der Waals surface area contributed by atoms with Crippen LogP contribution in [-0.4, -0.2) is 9.97 Å². The summed E-state index contributed by atoms with van der Waals surface area (Å²) in [6.07, 6.45) is 0.659. The normalized spacial score (nSPS) is 9.74. The van der Waals surface area contributed by atoms with Gasteiger partial charge < -0.3 is 10.2 Å². The number of benzene rings is 1. The van der Waals surface area contributed by atoms with Crippen molar-refractivity contribution in [1.82, 2.24) is 9.97 Å². The predicted molar refractivity (Wildman–Crippen MR) is 70.5 cm³/mol. The molecule has 0 spiro atoms. The van der Waals surface area contributed by atoms with E-state index < -0.39 is 0 Å². The number of rotatable bonds is 4. The molecule has 0 unspecified atom stereocenters. The number of nitrogen functional groups attached to an aromatic ring is 1. The van der Waals surface area contributed by atoms with Crippen LogP contribution in [-0.2, 0) is 6.42 Å². The summed E-state index contributed by atoms with van der Waals surface area (Å²) < 4.78 is 5.62. The summed E-state index contributed by atoms with van der Waals surface area (Å²) in [6.45, 7) is 1.93. The van der Waals surface area contributed by atoms with Crippen LogP contribution in [0.4, 0.5) is 5.82 Å². The fraction of sp³-hybridized carbons (Fsp3) is 0.154. The van der Waals surface area contributed by atoms with Crippen molar-refractivity contribution in [1.29, 1.82) is 5.26 Å². The van der Waals surface area contributed by atoms with E-state index in [0.29, 0.717) is 35.3 Å². The number of aromatic nitrogens is 2. The van der Waals surface area contributed by atoms with Gasteiger partial charge in [0.1, 0.15) is 23.5 Å². The molecule has 0 bridgehead atoms. The fourth-order valence-corrected chi connectivity index (χ4v) is 1.52. The lowest BCUT2D eigenvalue weighted by molar-refractivity contribution is 0.458. The fourth-order valence-electron chi connectivity index (χ4n) is 1.52. The third-order valence-electron chi connectivity index (χ3n) is 2.44. The Morgan fingerprint density at radius 1 is 1.37 bits per heavy atom. The molecule has 1 aromatic heterocycles. The van der Waals surface area contributed by atoms with Crippen LogP contribution in [0.2, 0.25) is 0 Å². The van der Waals surface area contributed by atoms with E-state index >= 15 is 0 Å². The van der Waals surface area contributed by atoms with E-state index in [0.717, 1.165) is 0 Å². The average Bonchev–Trinajstić information content (AvgIpc) is 2.47. The Morgan fingerprint density at radius 2 is 2.16 bits per heavy atom. The number of nitrogens with one attached hydrogen (secondary N) is 1. The molecule has 3 N–H and O–H groups in total. The van der Waals surface area contributed by atoms with Crippen LogP contribution in [0.3, 0.4) is 0 Å². The molecule has 2 aromatic rings. The Labute approximate surface area is 110 Å². The standard InChI is InChI=1S/C13H13N5O/c1-2-11-16-12(18-15)7-13(17-11)19-10-6-4-3-5-9(10)8-14/h3-7H,2,15H2,1H3,(H,16,17,18). The molecule has 0 saturated carbocycles. The smallest absolute Gasteiger partial charge is 0.224 e. The first-order chi connectivity index (χ1) is 9.26. The minimum Gasteiger partial charge on any atom is -0.437 e. The van der Waals surface area contributed by atoms with Gasteiger partial charge in [0, 0.05) is 12.5 Å². The van der Waals surface area contributed by atoms with Crippen LogP contribution < -0.4 is 16.0 Å². The highest BCUT2D eigenvalue weighted by Crippen LogP contribution is 2.24. The second-order valence-electron chi connectivity index (χ2n) is 3.72. The number of nitrogens with two attached hydrogens (primary N) is 1. The lowest BCUT2D eigenvalue weighted by atomic mass is 10.2. The summed E-state index contributed by atoms with van der Waals surface area (Å²) in [5.41, 5.74) is 2.91. The number of nitrogens with zero attached hydrogens (tertiary/aromatic N) is 3. The van der Waals surface area contributed by atoms with Gasteiger partial charge in [-0.15, -0.1) is 0 Å². The molecule has 1 aromatic carbocycles. The lowest BCUT2D eigenvalue weighted by Crippen LogP contribution is -2.10. The highest BCUT2D eigenvalue weighted by molar-refractivity contribution is 5.45. The predicted octanol–water partition coefficient (Wildman–Crippen LogP) is 1.99. The van der Waals surface area contributed by atoms with Crippen molar-refractivity contribution < 1.29 is 4.74 Å². The molecule has 0 radical (unpaired) electrons. The second kappa shape index (κ2) is 5.80. The molecule has 0 saturated heterocycles. The first-order valence-electron chi connectivity index (χ1n) is 5.78. The molecule has 6 heteroatoms. The second-order valence-corrected chi connectivity index (χ2v) is 3.72. The molecule has 2 rings (SSSR count). The quantitative estimate of drug-likeness (QED) is 0.640. The van der Waals surface area contributed by atoms with Crippen molar-refractivity contribution in [3.05, 3.63) is 41.7 Å². The van der Waals surface area contributed by atoms with Crippen molar-refractivity contribution in [3.63, 3.8) is 0 Å². The lowest BCUT2D eigenvalue weighted by Gasteiger charge is -2.09. The van der Waals surface area contributed by atoms with Crippen molar-refractivity contribution in [3.8, 4) is 17.7 Å². The summed E-state index contributed by atoms with van der Waals surface area (Å²) in [5, 5.41) is 9.00. The van der Waals surface area contributed by atoms with E-state index in [-0.39, 0.29) is 0 Å². The van der Waals surface area contributed by atoms with Gasteiger partial charge in [-0.2, -0.15) is 10.2 Å². The molecular weight excluding hydrogens is 242 g/mol. The van der Waals surface area contributed by atoms with Gasteiger partial charge in [0.2, 0.25) is 5.88 Å². The first-order valence-corrected chi connectivity index (χ1v) is 5.78. The van der Waals surface area contributed by atoms with Gasteiger partial charge in [0.25, 0.3) is 0 Å². The monoisotopic (exact) mass is 255 g/mol. The van der Waals surface area contributed by atoms with Crippen LogP contribution in [0, 0.1) is 11.3 Å². The minimum atomic E-state index is 0.350. The molecular formula is C13H13N5O. The number of hydrogen-bond acceptors (Lipinski definition) is 6. The van der Waals surface area contributed by atoms with E-state index in [4.69, 9.17) is 15.8 Å². The minimum absolute atomic E-state index is 0.350. The number of nitriles is 1. The van der Waals surface area contributed by atoms with E-state index in [1.807, 2.05) is 6.92 Å². The summed E-state index contributed by atoms with van der Waals surface area (Å²) in [6, 6.07) is 10.6. The van der Waals surface area contributed by atoms with Crippen molar-refractivity contribution in [2.75, 3.05) is 5.43 Å². The molecule has 0 fully saturated rings. The number of anilines is 1. The molecule has 0 amide bonds. The van der Waals surface area contributed by atoms with Gasteiger partial charge in [-0.1, -0.05) is 19.1 Å². The molecule has 6 nitrogen and oxygen atoms in total. The van der Waals surface area contributed by atoms with E-state index in [1.54, 1.807) is 30.3 Å². The summed E-state index contributed by atoms with van der Waals surface area (Å²) in [4.78, 5) is 8.39. The molecule has 96 valence electrons. The maximum Gasteiger partial charge on any atom is 0.224 e. The van der Waals surface area contributed by atoms with E-state index in [2.05, 4.69) is 21.5 Å². The topological polar surface area (TPSA) is 96.9 Å². The number of hydrogen-bond donors (Lipinski definition) is 2. The van der Waals surface area contributed by atoms with Gasteiger partial charge in [0.05, 0.1) is 5.56 Å². The molecule has 0 aliphatic rings.